The van der Waals surface area contributed by atoms with Crippen LogP contribution in [0, 0.1) is 0 Å². The Morgan fingerprint density at radius 3 is 2.65 bits per heavy atom. The Bertz CT molecular complexity index is 679. The smallest absolute Gasteiger partial charge is 0.351 e. The molecule has 1 amide bonds. The molecule has 1 heterocycles. The van der Waals surface area contributed by atoms with Crippen molar-refractivity contribution in [3.63, 3.8) is 0 Å². The van der Waals surface area contributed by atoms with Crippen LogP contribution in [0.15, 0.2) is 15.7 Å². The van der Waals surface area contributed by atoms with Crippen molar-refractivity contribution in [3.05, 3.63) is 26.9 Å². The van der Waals surface area contributed by atoms with Gasteiger partial charge in [0.25, 0.3) is 5.56 Å². The van der Waals surface area contributed by atoms with E-state index in [1.807, 2.05) is 0 Å². The third-order valence-corrected chi connectivity index (χ3v) is 3.27. The van der Waals surface area contributed by atoms with Gasteiger partial charge >= 0.3 is 11.7 Å². The van der Waals surface area contributed by atoms with Crippen LogP contribution in [0.1, 0.15) is 33.1 Å². The third kappa shape index (κ3) is 4.97. The lowest BCUT2D eigenvalue weighted by Gasteiger charge is -2.18. The van der Waals surface area contributed by atoms with E-state index in [9.17, 15) is 19.2 Å². The van der Waals surface area contributed by atoms with Gasteiger partial charge in [0.1, 0.15) is 5.82 Å². The number of aromatic nitrogens is 2. The summed E-state index contributed by atoms with van der Waals surface area (Å²) < 4.78 is 6.94. The molecule has 2 N–H and O–H groups in total. The highest BCUT2D eigenvalue weighted by atomic mass is 16.5. The lowest BCUT2D eigenvalue weighted by molar-refractivity contribution is -0.145. The molecule has 1 atom stereocenters. The Balaban J connectivity index is 2.78. The minimum absolute atomic E-state index is 0.102. The second-order valence-electron chi connectivity index (χ2n) is 5.25. The number of rotatable bonds is 8. The van der Waals surface area contributed by atoms with Gasteiger partial charge in [0.2, 0.25) is 6.41 Å². The van der Waals surface area contributed by atoms with Crippen molar-refractivity contribution in [2.45, 2.75) is 45.8 Å². The van der Waals surface area contributed by atoms with E-state index in [1.165, 1.54) is 14.0 Å². The summed E-state index contributed by atoms with van der Waals surface area (Å²) in [5, 5.41) is 0.969. The van der Waals surface area contributed by atoms with E-state index in [0.717, 1.165) is 20.3 Å². The molecular weight excluding hydrogens is 304 g/mol. The zero-order chi connectivity index (χ0) is 17.6. The number of ether oxygens (including phenoxy) is 1. The van der Waals surface area contributed by atoms with Crippen molar-refractivity contribution in [3.8, 4) is 0 Å². The molecule has 0 saturated carbocycles. The highest BCUT2D eigenvalue weighted by Crippen LogP contribution is 2.05. The van der Waals surface area contributed by atoms with Crippen LogP contribution in [0.4, 0.5) is 5.82 Å². The largest absolute Gasteiger partial charge is 0.463 e. The number of anilines is 1. The number of nitrogens with zero attached hydrogens (tertiary/aromatic N) is 3. The lowest BCUT2D eigenvalue weighted by atomic mass is 10.2. The zero-order valence-corrected chi connectivity index (χ0v) is 13.5. The molecule has 0 aromatic carbocycles. The quantitative estimate of drug-likeness (QED) is 0.389. The normalized spacial score (nSPS) is 11.8. The lowest BCUT2D eigenvalue weighted by Crippen LogP contribution is -2.48. The first-order chi connectivity index (χ1) is 10.8. The Hall–Kier alpha value is -2.58. The number of carbonyl (C=O) groups excluding carboxylic acids is 2. The standard InChI is InChI=1S/C14H22N4O5/c1-10(23-11(2)20)6-4-5-7-17-13(21)8-12(15)18(14(17)22)16(3)9-19/h8-10H,4-7,15H2,1-3H3/t10-/m0/s1. The number of unbranched alkanes of at least 4 members (excludes halogenated alkanes) is 1. The monoisotopic (exact) mass is 326 g/mol. The molecule has 0 aliphatic rings. The van der Waals surface area contributed by atoms with Crippen molar-refractivity contribution in [2.75, 3.05) is 17.8 Å². The third-order valence-electron chi connectivity index (χ3n) is 3.27. The first-order valence-corrected chi connectivity index (χ1v) is 7.26. The van der Waals surface area contributed by atoms with E-state index in [4.69, 9.17) is 10.5 Å². The maximum absolute atomic E-state index is 12.3. The molecule has 0 bridgehead atoms. The van der Waals surface area contributed by atoms with Crippen molar-refractivity contribution in [1.82, 2.24) is 9.24 Å². The van der Waals surface area contributed by atoms with Crippen molar-refractivity contribution >= 4 is 18.2 Å². The van der Waals surface area contributed by atoms with Gasteiger partial charge in [0.05, 0.1) is 6.10 Å². The van der Waals surface area contributed by atoms with Crippen LogP contribution in [-0.2, 0) is 20.9 Å². The molecule has 1 rings (SSSR count). The highest BCUT2D eigenvalue weighted by molar-refractivity contribution is 5.66. The average molecular weight is 326 g/mol. The molecule has 0 aliphatic heterocycles. The zero-order valence-electron chi connectivity index (χ0n) is 13.5. The topological polar surface area (TPSA) is 117 Å². The van der Waals surface area contributed by atoms with Crippen LogP contribution in [0.25, 0.3) is 0 Å². The van der Waals surface area contributed by atoms with Gasteiger partial charge in [-0.3, -0.25) is 19.0 Å². The number of amides is 1. The van der Waals surface area contributed by atoms with Crippen LogP contribution >= 0.6 is 0 Å². The van der Waals surface area contributed by atoms with E-state index in [1.54, 1.807) is 6.92 Å². The van der Waals surface area contributed by atoms with Gasteiger partial charge in [0, 0.05) is 26.6 Å². The Morgan fingerprint density at radius 2 is 2.09 bits per heavy atom. The molecule has 0 saturated heterocycles. The average Bonchev–Trinajstić information content (AvgIpc) is 2.44. The fourth-order valence-electron chi connectivity index (χ4n) is 2.20. The predicted molar refractivity (Wildman–Crippen MR) is 84.7 cm³/mol. The first-order valence-electron chi connectivity index (χ1n) is 7.26. The summed E-state index contributed by atoms with van der Waals surface area (Å²) in [6.45, 7) is 3.32. The van der Waals surface area contributed by atoms with Crippen molar-refractivity contribution < 1.29 is 14.3 Å². The molecule has 9 heteroatoms. The van der Waals surface area contributed by atoms with Gasteiger partial charge in [-0.15, -0.1) is 0 Å². The fourth-order valence-corrected chi connectivity index (χ4v) is 2.20. The molecule has 0 fully saturated rings. The highest BCUT2D eigenvalue weighted by Gasteiger charge is 2.12. The number of hydrogen-bond donors (Lipinski definition) is 1. The van der Waals surface area contributed by atoms with Crippen LogP contribution < -0.4 is 22.0 Å². The first kappa shape index (κ1) is 18.5. The van der Waals surface area contributed by atoms with E-state index >= 15 is 0 Å². The molecule has 0 spiro atoms. The van der Waals surface area contributed by atoms with E-state index in [0.29, 0.717) is 25.7 Å². The van der Waals surface area contributed by atoms with Gasteiger partial charge in [-0.05, 0) is 26.2 Å². The molecule has 128 valence electrons. The number of carbonyl (C=O) groups is 2. The summed E-state index contributed by atoms with van der Waals surface area (Å²) in [5.41, 5.74) is 4.42. The minimum Gasteiger partial charge on any atom is -0.463 e. The predicted octanol–water partition coefficient (Wildman–Crippen LogP) is -0.562. The summed E-state index contributed by atoms with van der Waals surface area (Å²) in [7, 11) is 1.36. The summed E-state index contributed by atoms with van der Waals surface area (Å²) in [6, 6.07) is 1.10. The summed E-state index contributed by atoms with van der Waals surface area (Å²) in [6.07, 6.45) is 2.07. The molecule has 9 nitrogen and oxygen atoms in total. The Labute approximate surface area is 133 Å². The molecule has 1 aromatic heterocycles. The Morgan fingerprint density at radius 1 is 1.43 bits per heavy atom. The van der Waals surface area contributed by atoms with Gasteiger partial charge < -0.3 is 10.5 Å². The molecule has 0 aliphatic carbocycles. The van der Waals surface area contributed by atoms with Crippen LogP contribution in [-0.4, -0.2) is 34.8 Å². The van der Waals surface area contributed by atoms with Crippen LogP contribution in [0.3, 0.4) is 0 Å². The Kier molecular flexibility index (Phi) is 6.55. The molecule has 1 aromatic rings. The number of nitrogen functional groups attached to an aromatic ring is 1. The van der Waals surface area contributed by atoms with Gasteiger partial charge in [-0.25, -0.2) is 9.80 Å². The van der Waals surface area contributed by atoms with Gasteiger partial charge in [0.15, 0.2) is 0 Å². The maximum Gasteiger partial charge on any atom is 0.351 e. The molecule has 23 heavy (non-hydrogen) atoms. The van der Waals surface area contributed by atoms with Crippen molar-refractivity contribution in [1.29, 1.82) is 0 Å². The van der Waals surface area contributed by atoms with E-state index < -0.39 is 11.2 Å². The van der Waals surface area contributed by atoms with Crippen LogP contribution in [0.2, 0.25) is 0 Å². The van der Waals surface area contributed by atoms with Gasteiger partial charge in [-0.2, -0.15) is 4.68 Å². The maximum atomic E-state index is 12.3. The summed E-state index contributed by atoms with van der Waals surface area (Å²) in [4.78, 5) is 45.8. The second-order valence-corrected chi connectivity index (χ2v) is 5.25. The van der Waals surface area contributed by atoms with Crippen molar-refractivity contribution in [2.24, 2.45) is 0 Å². The summed E-state index contributed by atoms with van der Waals surface area (Å²) >= 11 is 0. The van der Waals surface area contributed by atoms with E-state index in [-0.39, 0.29) is 24.4 Å². The number of hydrogen-bond acceptors (Lipinski definition) is 6. The van der Waals surface area contributed by atoms with Crippen LogP contribution in [0.5, 0.6) is 0 Å². The number of nitrogens with two attached hydrogens (primary N) is 1. The fraction of sp³-hybridized carbons (Fsp3) is 0.571. The summed E-state index contributed by atoms with van der Waals surface area (Å²) in [5.74, 6) is -0.443. The van der Waals surface area contributed by atoms with E-state index in [2.05, 4.69) is 0 Å². The molecular formula is C14H22N4O5. The SMILES string of the molecule is CC(=O)O[C@@H](C)CCCCn1c(=O)cc(N)n(N(C)C=O)c1=O. The number of esters is 1. The molecule has 0 unspecified atom stereocenters. The second kappa shape index (κ2) is 8.16. The molecule has 0 radical (unpaired) electrons. The minimum atomic E-state index is -0.669. The van der Waals surface area contributed by atoms with Gasteiger partial charge in [-0.1, -0.05) is 0 Å².